The molecule has 0 aliphatic rings. The molecule has 3 nitrogen and oxygen atoms in total. The van der Waals surface area contributed by atoms with E-state index < -0.39 is 0 Å². The third-order valence-corrected chi connectivity index (χ3v) is 2.95. The number of nitrogens with one attached hydrogen (secondary N) is 1. The Balaban J connectivity index is 2.98. The summed E-state index contributed by atoms with van der Waals surface area (Å²) >= 11 is 8.64. The second-order valence-corrected chi connectivity index (χ2v) is 4.77. The van der Waals surface area contributed by atoms with Crippen molar-refractivity contribution >= 4 is 50.1 Å². The molecule has 0 spiro atoms. The molecule has 0 unspecified atom stereocenters. The van der Waals surface area contributed by atoms with Gasteiger partial charge in [0.05, 0.1) is 9.30 Å². The van der Waals surface area contributed by atoms with Crippen molar-refractivity contribution in [3.8, 4) is 0 Å². The van der Waals surface area contributed by atoms with Gasteiger partial charge in [0, 0.05) is 0 Å². The van der Waals surface area contributed by atoms with Crippen molar-refractivity contribution in [1.82, 2.24) is 9.97 Å². The number of thiazole rings is 1. The van der Waals surface area contributed by atoms with E-state index in [9.17, 15) is 4.79 Å². The first-order valence-electron chi connectivity index (χ1n) is 3.05. The van der Waals surface area contributed by atoms with Gasteiger partial charge in [0.2, 0.25) is 0 Å². The molecule has 0 radical (unpaired) electrons. The van der Waals surface area contributed by atoms with Gasteiger partial charge >= 0.3 is 0 Å². The van der Waals surface area contributed by atoms with Crippen LogP contribution in [0.1, 0.15) is 0 Å². The van der Waals surface area contributed by atoms with Gasteiger partial charge in [-0.15, -0.1) is 24.0 Å². The number of fused-ring (bicyclic) bond motifs is 1. The van der Waals surface area contributed by atoms with Gasteiger partial charge in [0.25, 0.3) is 5.56 Å². The first kappa shape index (κ1) is 8.28. The molecule has 0 saturated carbocycles. The Bertz CT molecular complexity index is 490. The fourth-order valence-electron chi connectivity index (χ4n) is 0.900. The van der Waals surface area contributed by atoms with Crippen LogP contribution in [0, 0.1) is 0 Å². The molecule has 0 bridgehead atoms. The smallest absolute Gasteiger partial charge is 0.276 e. The Labute approximate surface area is 85.4 Å². The van der Waals surface area contributed by atoms with Crippen molar-refractivity contribution in [2.24, 2.45) is 0 Å². The van der Waals surface area contributed by atoms with Crippen molar-refractivity contribution in [1.29, 1.82) is 0 Å². The van der Waals surface area contributed by atoms with E-state index in [2.05, 4.69) is 38.5 Å². The van der Waals surface area contributed by atoms with E-state index in [0.717, 1.165) is 4.70 Å². The minimum Gasteiger partial charge on any atom is -0.315 e. The molecular formula is C6H3BrN2OS2. The second kappa shape index (κ2) is 2.86. The number of pyridine rings is 1. The van der Waals surface area contributed by atoms with Crippen molar-refractivity contribution in [3.05, 3.63) is 21.0 Å². The van der Waals surface area contributed by atoms with Crippen molar-refractivity contribution in [3.63, 3.8) is 0 Å². The maximum atomic E-state index is 11.2. The Morgan fingerprint density at radius 2 is 2.42 bits per heavy atom. The van der Waals surface area contributed by atoms with Gasteiger partial charge in [-0.25, -0.2) is 4.98 Å². The zero-order chi connectivity index (χ0) is 8.72. The second-order valence-electron chi connectivity index (χ2n) is 2.16. The Hall–Kier alpha value is -0.330. The van der Waals surface area contributed by atoms with Gasteiger partial charge < -0.3 is 4.98 Å². The molecular weight excluding hydrogens is 260 g/mol. The van der Waals surface area contributed by atoms with Crippen LogP contribution >= 0.6 is 39.9 Å². The molecule has 0 aromatic carbocycles. The van der Waals surface area contributed by atoms with Crippen LogP contribution in [0.15, 0.2) is 19.8 Å². The van der Waals surface area contributed by atoms with Crippen LogP contribution < -0.4 is 5.56 Å². The first-order valence-corrected chi connectivity index (χ1v) is 5.11. The highest BCUT2D eigenvalue weighted by Gasteiger charge is 2.05. The number of nitrogens with zero attached hydrogens (tertiary/aromatic N) is 1. The summed E-state index contributed by atoms with van der Waals surface area (Å²) in [7, 11) is 0. The van der Waals surface area contributed by atoms with Gasteiger partial charge in [0.15, 0.2) is 0 Å². The lowest BCUT2D eigenvalue weighted by molar-refractivity contribution is 1.19. The van der Waals surface area contributed by atoms with Crippen LogP contribution in [0.2, 0.25) is 0 Å². The Morgan fingerprint density at radius 3 is 3.17 bits per heavy atom. The van der Waals surface area contributed by atoms with Crippen molar-refractivity contribution in [2.45, 2.75) is 4.34 Å². The fourth-order valence-corrected chi connectivity index (χ4v) is 2.60. The molecule has 2 rings (SSSR count). The minimum atomic E-state index is -0.184. The lowest BCUT2D eigenvalue weighted by atomic mass is 10.4. The lowest BCUT2D eigenvalue weighted by Gasteiger charge is -1.87. The standard InChI is InChI=1S/C6H3BrN2OS2/c7-3-1-2-4(5(10)8-3)9-6(11)12-2/h1H,(H,8,10)(H,9,11). The van der Waals surface area contributed by atoms with Gasteiger partial charge in [-0.1, -0.05) is 0 Å². The van der Waals surface area contributed by atoms with E-state index in [1.54, 1.807) is 0 Å². The molecule has 2 aromatic rings. The molecule has 0 fully saturated rings. The zero-order valence-electron chi connectivity index (χ0n) is 5.67. The quantitative estimate of drug-likeness (QED) is 0.564. The van der Waals surface area contributed by atoms with E-state index in [0.29, 0.717) is 14.5 Å². The number of aromatic nitrogens is 2. The van der Waals surface area contributed by atoms with Crippen LogP contribution in [0.3, 0.4) is 0 Å². The first-order chi connectivity index (χ1) is 5.66. The average Bonchev–Trinajstić information content (AvgIpc) is 2.29. The number of aromatic amines is 1. The average molecular weight is 263 g/mol. The minimum absolute atomic E-state index is 0.184. The predicted octanol–water partition coefficient (Wildman–Crippen LogP) is 2.04. The van der Waals surface area contributed by atoms with Crippen LogP contribution in [0.4, 0.5) is 0 Å². The highest BCUT2D eigenvalue weighted by atomic mass is 79.9. The van der Waals surface area contributed by atoms with E-state index in [4.69, 9.17) is 0 Å². The summed E-state index contributed by atoms with van der Waals surface area (Å²) in [6, 6.07) is 1.81. The Morgan fingerprint density at radius 1 is 1.67 bits per heavy atom. The zero-order valence-corrected chi connectivity index (χ0v) is 8.96. The number of hydrogen-bond donors (Lipinski definition) is 2. The van der Waals surface area contributed by atoms with E-state index >= 15 is 0 Å². The summed E-state index contributed by atoms with van der Waals surface area (Å²) in [5.41, 5.74) is 0.268. The predicted molar refractivity (Wildman–Crippen MR) is 55.2 cm³/mol. The monoisotopic (exact) mass is 262 g/mol. The molecule has 6 heteroatoms. The number of H-pyrrole nitrogens is 1. The van der Waals surface area contributed by atoms with E-state index in [1.807, 2.05) is 6.07 Å². The molecule has 2 aromatic heterocycles. The van der Waals surface area contributed by atoms with Gasteiger partial charge in [-0.3, -0.25) is 4.79 Å². The lowest BCUT2D eigenvalue weighted by Crippen LogP contribution is -2.05. The molecule has 0 atom stereocenters. The van der Waals surface area contributed by atoms with Gasteiger partial charge in [-0.2, -0.15) is 0 Å². The van der Waals surface area contributed by atoms with Gasteiger partial charge in [-0.05, 0) is 22.0 Å². The number of rotatable bonds is 0. The van der Waals surface area contributed by atoms with Gasteiger partial charge in [0.1, 0.15) is 9.86 Å². The highest BCUT2D eigenvalue weighted by Crippen LogP contribution is 2.23. The normalized spacial score (nSPS) is 10.8. The fraction of sp³-hybridized carbons (Fsp3) is 0. The summed E-state index contributed by atoms with van der Waals surface area (Å²) in [4.78, 5) is 17.8. The van der Waals surface area contributed by atoms with Crippen LogP contribution in [-0.2, 0) is 0 Å². The molecule has 0 saturated heterocycles. The maximum Gasteiger partial charge on any atom is 0.276 e. The number of thiol groups is 1. The summed E-state index contributed by atoms with van der Waals surface area (Å²) in [5.74, 6) is 0. The number of halogens is 1. The Kier molecular flexibility index (Phi) is 1.97. The van der Waals surface area contributed by atoms with Crippen LogP contribution in [-0.4, -0.2) is 9.97 Å². The third kappa shape index (κ3) is 1.30. The summed E-state index contributed by atoms with van der Waals surface area (Å²) in [6.07, 6.45) is 0. The molecule has 2 heterocycles. The van der Waals surface area contributed by atoms with Crippen molar-refractivity contribution < 1.29 is 0 Å². The maximum absolute atomic E-state index is 11.2. The summed E-state index contributed by atoms with van der Waals surface area (Å²) in [5, 5.41) is 0. The largest absolute Gasteiger partial charge is 0.315 e. The third-order valence-electron chi connectivity index (χ3n) is 1.35. The molecule has 62 valence electrons. The number of hydrogen-bond acceptors (Lipinski definition) is 4. The van der Waals surface area contributed by atoms with Crippen LogP contribution in [0.25, 0.3) is 10.2 Å². The van der Waals surface area contributed by atoms with Crippen LogP contribution in [0.5, 0.6) is 0 Å². The van der Waals surface area contributed by atoms with E-state index in [1.165, 1.54) is 11.3 Å². The van der Waals surface area contributed by atoms with E-state index in [-0.39, 0.29) is 5.56 Å². The molecule has 0 aliphatic heterocycles. The molecule has 12 heavy (non-hydrogen) atoms. The SMILES string of the molecule is O=c1[nH]c(Br)cc2sc(S)nc12. The molecule has 0 aliphatic carbocycles. The summed E-state index contributed by atoms with van der Waals surface area (Å²) < 4.78 is 2.11. The highest BCUT2D eigenvalue weighted by molar-refractivity contribution is 9.10. The summed E-state index contributed by atoms with van der Waals surface area (Å²) in [6.45, 7) is 0. The molecule has 1 N–H and O–H groups in total. The topological polar surface area (TPSA) is 45.8 Å². The van der Waals surface area contributed by atoms with Crippen molar-refractivity contribution in [2.75, 3.05) is 0 Å². The molecule has 0 amide bonds.